The van der Waals surface area contributed by atoms with Crippen LogP contribution in [0.25, 0.3) is 0 Å². The van der Waals surface area contributed by atoms with Gasteiger partial charge in [-0.1, -0.05) is 0 Å². The van der Waals surface area contributed by atoms with E-state index in [2.05, 4.69) is 20.6 Å². The van der Waals surface area contributed by atoms with E-state index in [0.717, 1.165) is 12.1 Å². The van der Waals surface area contributed by atoms with Crippen molar-refractivity contribution >= 4 is 17.4 Å². The Hall–Kier alpha value is -3.50. The van der Waals surface area contributed by atoms with Gasteiger partial charge in [-0.2, -0.15) is 14.9 Å². The lowest BCUT2D eigenvalue weighted by Crippen LogP contribution is -2.25. The summed E-state index contributed by atoms with van der Waals surface area (Å²) in [6, 6.07) is 0.628. The molecule has 0 aromatic carbocycles. The highest BCUT2D eigenvalue weighted by Crippen LogP contribution is 2.18. The van der Waals surface area contributed by atoms with Crippen molar-refractivity contribution in [1.29, 1.82) is 0 Å². The van der Waals surface area contributed by atoms with Gasteiger partial charge in [0.05, 0.1) is 41.5 Å². The maximum absolute atomic E-state index is 12.5. The molecule has 11 nitrogen and oxygen atoms in total. The van der Waals surface area contributed by atoms with Crippen molar-refractivity contribution in [3.63, 3.8) is 0 Å². The molecule has 0 spiro atoms. The standard InChI is InChI=1S/C16H20N8O3/c1-4-21-8-13(6-17-21)9-22-10-14(7-18-22)19-16(25)12(3)23-11(2)5-15(20-23)24(26)27/h5-8,10,12H,4,9H2,1-3H3,(H,19,25). The Labute approximate surface area is 154 Å². The van der Waals surface area contributed by atoms with Gasteiger partial charge < -0.3 is 15.4 Å². The second kappa shape index (κ2) is 7.40. The van der Waals surface area contributed by atoms with E-state index >= 15 is 0 Å². The Balaban J connectivity index is 1.65. The Morgan fingerprint density at radius 1 is 1.30 bits per heavy atom. The van der Waals surface area contributed by atoms with Crippen LogP contribution >= 0.6 is 0 Å². The van der Waals surface area contributed by atoms with Gasteiger partial charge in [-0.3, -0.25) is 14.2 Å². The first kappa shape index (κ1) is 18.3. The molecule has 0 aliphatic carbocycles. The maximum atomic E-state index is 12.5. The molecule has 1 amide bonds. The molecule has 3 aromatic rings. The van der Waals surface area contributed by atoms with E-state index in [1.54, 1.807) is 37.1 Å². The molecule has 0 saturated carbocycles. The van der Waals surface area contributed by atoms with Crippen molar-refractivity contribution in [2.45, 2.75) is 39.9 Å². The van der Waals surface area contributed by atoms with E-state index in [9.17, 15) is 14.9 Å². The minimum absolute atomic E-state index is 0.285. The van der Waals surface area contributed by atoms with Crippen LogP contribution in [0.2, 0.25) is 0 Å². The number of hydrogen-bond donors (Lipinski definition) is 1. The average molecular weight is 372 g/mol. The summed E-state index contributed by atoms with van der Waals surface area (Å²) in [5, 5.41) is 25.9. The van der Waals surface area contributed by atoms with Crippen LogP contribution in [0.15, 0.2) is 30.9 Å². The lowest BCUT2D eigenvalue weighted by Gasteiger charge is -2.10. The second-order valence-electron chi connectivity index (χ2n) is 6.14. The zero-order chi connectivity index (χ0) is 19.6. The minimum atomic E-state index is -0.704. The Morgan fingerprint density at radius 2 is 2.04 bits per heavy atom. The number of aromatic nitrogens is 6. The molecule has 1 atom stereocenters. The Bertz CT molecular complexity index is 970. The Morgan fingerprint density at radius 3 is 2.67 bits per heavy atom. The van der Waals surface area contributed by atoms with Crippen molar-refractivity contribution in [1.82, 2.24) is 29.3 Å². The van der Waals surface area contributed by atoms with Gasteiger partial charge in [-0.05, 0) is 25.7 Å². The lowest BCUT2D eigenvalue weighted by atomic mass is 10.3. The summed E-state index contributed by atoms with van der Waals surface area (Å²) < 4.78 is 4.85. The van der Waals surface area contributed by atoms with E-state index < -0.39 is 11.0 Å². The van der Waals surface area contributed by atoms with Crippen LogP contribution in [0, 0.1) is 17.0 Å². The van der Waals surface area contributed by atoms with E-state index in [1.807, 2.05) is 17.8 Å². The van der Waals surface area contributed by atoms with Crippen LogP contribution in [0.3, 0.4) is 0 Å². The van der Waals surface area contributed by atoms with E-state index in [4.69, 9.17) is 0 Å². The zero-order valence-corrected chi connectivity index (χ0v) is 15.2. The number of amides is 1. The zero-order valence-electron chi connectivity index (χ0n) is 15.2. The van der Waals surface area contributed by atoms with Crippen molar-refractivity contribution in [3.8, 4) is 0 Å². The van der Waals surface area contributed by atoms with Crippen LogP contribution in [0.1, 0.15) is 31.1 Å². The molecular weight excluding hydrogens is 352 g/mol. The molecule has 0 bridgehead atoms. The lowest BCUT2D eigenvalue weighted by molar-refractivity contribution is -0.389. The molecule has 3 aromatic heterocycles. The van der Waals surface area contributed by atoms with Gasteiger partial charge in [0.1, 0.15) is 6.04 Å². The minimum Gasteiger partial charge on any atom is -0.358 e. The summed E-state index contributed by atoms with van der Waals surface area (Å²) in [5.41, 5.74) is 2.08. The summed E-state index contributed by atoms with van der Waals surface area (Å²) in [6.45, 7) is 6.63. The van der Waals surface area contributed by atoms with E-state index in [1.165, 1.54) is 10.7 Å². The largest absolute Gasteiger partial charge is 0.390 e. The number of nitrogens with one attached hydrogen (secondary N) is 1. The van der Waals surface area contributed by atoms with Gasteiger partial charge in [0, 0.05) is 24.5 Å². The van der Waals surface area contributed by atoms with Crippen LogP contribution in [0.5, 0.6) is 0 Å². The Kier molecular flexibility index (Phi) is 5.01. The molecule has 11 heteroatoms. The normalized spacial score (nSPS) is 12.1. The van der Waals surface area contributed by atoms with Gasteiger partial charge in [0.2, 0.25) is 0 Å². The number of hydrogen-bond acceptors (Lipinski definition) is 6. The first-order valence-electron chi connectivity index (χ1n) is 8.42. The molecule has 1 N–H and O–H groups in total. The average Bonchev–Trinajstić information content (AvgIpc) is 3.35. The van der Waals surface area contributed by atoms with Crippen molar-refractivity contribution in [2.75, 3.05) is 5.32 Å². The summed E-state index contributed by atoms with van der Waals surface area (Å²) in [7, 11) is 0. The summed E-state index contributed by atoms with van der Waals surface area (Å²) >= 11 is 0. The van der Waals surface area contributed by atoms with Crippen LogP contribution in [-0.4, -0.2) is 40.2 Å². The van der Waals surface area contributed by atoms with Crippen LogP contribution in [0.4, 0.5) is 11.5 Å². The third-order valence-corrected chi connectivity index (χ3v) is 4.10. The number of rotatable bonds is 7. The fraction of sp³-hybridized carbons (Fsp3) is 0.375. The third kappa shape index (κ3) is 4.02. The molecule has 142 valence electrons. The molecular formula is C16H20N8O3. The molecule has 0 saturated heterocycles. The third-order valence-electron chi connectivity index (χ3n) is 4.10. The van der Waals surface area contributed by atoms with E-state index in [0.29, 0.717) is 17.9 Å². The fourth-order valence-corrected chi connectivity index (χ4v) is 2.67. The predicted molar refractivity (Wildman–Crippen MR) is 96.2 cm³/mol. The van der Waals surface area contributed by atoms with Gasteiger partial charge >= 0.3 is 5.82 Å². The number of anilines is 1. The van der Waals surface area contributed by atoms with Crippen molar-refractivity contribution < 1.29 is 9.72 Å². The predicted octanol–water partition coefficient (Wildman–Crippen LogP) is 1.76. The molecule has 1 unspecified atom stereocenters. The van der Waals surface area contributed by atoms with Gasteiger partial charge in [0.15, 0.2) is 0 Å². The van der Waals surface area contributed by atoms with Crippen LogP contribution in [-0.2, 0) is 17.9 Å². The molecule has 27 heavy (non-hydrogen) atoms. The highest BCUT2D eigenvalue weighted by atomic mass is 16.6. The SMILES string of the molecule is CCn1cc(Cn2cc(NC(=O)C(C)n3nc([N+](=O)[O-])cc3C)cn2)cn1. The van der Waals surface area contributed by atoms with E-state index in [-0.39, 0.29) is 11.7 Å². The molecule has 3 rings (SSSR count). The number of nitrogens with zero attached hydrogens (tertiary/aromatic N) is 7. The topological polar surface area (TPSA) is 126 Å². The number of aryl methyl sites for hydroxylation is 2. The summed E-state index contributed by atoms with van der Waals surface area (Å²) in [5.74, 6) is -0.623. The number of carbonyl (C=O) groups excluding carboxylic acids is 1. The fourth-order valence-electron chi connectivity index (χ4n) is 2.67. The smallest absolute Gasteiger partial charge is 0.358 e. The maximum Gasteiger partial charge on any atom is 0.390 e. The summed E-state index contributed by atoms with van der Waals surface area (Å²) in [4.78, 5) is 22.7. The number of nitro groups is 1. The monoisotopic (exact) mass is 372 g/mol. The van der Waals surface area contributed by atoms with Gasteiger partial charge in [0.25, 0.3) is 5.91 Å². The molecule has 0 fully saturated rings. The highest BCUT2D eigenvalue weighted by molar-refractivity contribution is 5.93. The van der Waals surface area contributed by atoms with Gasteiger partial charge in [-0.25, -0.2) is 0 Å². The van der Waals surface area contributed by atoms with Gasteiger partial charge in [-0.15, -0.1) is 0 Å². The number of carbonyl (C=O) groups is 1. The molecule has 0 aliphatic heterocycles. The first-order valence-corrected chi connectivity index (χ1v) is 8.42. The summed E-state index contributed by atoms with van der Waals surface area (Å²) in [6.07, 6.45) is 6.98. The first-order chi connectivity index (χ1) is 12.9. The second-order valence-corrected chi connectivity index (χ2v) is 6.14. The quantitative estimate of drug-likeness (QED) is 0.497. The molecule has 3 heterocycles. The van der Waals surface area contributed by atoms with Crippen LogP contribution < -0.4 is 5.32 Å². The highest BCUT2D eigenvalue weighted by Gasteiger charge is 2.24. The van der Waals surface area contributed by atoms with Crippen molar-refractivity contribution in [2.24, 2.45) is 0 Å². The van der Waals surface area contributed by atoms with Crippen molar-refractivity contribution in [3.05, 3.63) is 52.2 Å². The molecule has 0 aliphatic rings. The molecule has 0 radical (unpaired) electrons.